The number of ether oxygens (including phenoxy) is 2. The predicted molar refractivity (Wildman–Crippen MR) is 83.5 cm³/mol. The molecule has 1 N–H and O–H groups in total. The molecule has 0 saturated heterocycles. The monoisotopic (exact) mass is 303 g/mol. The minimum atomic E-state index is -0.111. The van der Waals surface area contributed by atoms with Crippen molar-refractivity contribution in [1.82, 2.24) is 15.1 Å². The van der Waals surface area contributed by atoms with Crippen LogP contribution in [0.1, 0.15) is 22.8 Å². The molecule has 1 amide bonds. The number of rotatable bonds is 7. The normalized spacial score (nSPS) is 10.3. The third kappa shape index (κ3) is 3.78. The van der Waals surface area contributed by atoms with Gasteiger partial charge < -0.3 is 14.8 Å². The van der Waals surface area contributed by atoms with Gasteiger partial charge >= 0.3 is 0 Å². The molecule has 0 aliphatic rings. The van der Waals surface area contributed by atoms with E-state index in [0.29, 0.717) is 30.0 Å². The van der Waals surface area contributed by atoms with E-state index in [2.05, 4.69) is 10.4 Å². The fraction of sp³-hybridized carbons (Fsp3) is 0.375. The predicted octanol–water partition coefficient (Wildman–Crippen LogP) is 1.89. The van der Waals surface area contributed by atoms with Crippen molar-refractivity contribution in [3.8, 4) is 11.5 Å². The highest BCUT2D eigenvalue weighted by Gasteiger charge is 2.08. The summed E-state index contributed by atoms with van der Waals surface area (Å²) in [7, 11) is 3.21. The Labute approximate surface area is 130 Å². The summed E-state index contributed by atoms with van der Waals surface area (Å²) < 4.78 is 12.2. The first kappa shape index (κ1) is 15.9. The van der Waals surface area contributed by atoms with Crippen molar-refractivity contribution in [2.75, 3.05) is 20.8 Å². The number of hydrogen-bond donors (Lipinski definition) is 1. The summed E-state index contributed by atoms with van der Waals surface area (Å²) in [4.78, 5) is 12.0. The molecular formula is C16H21N3O3. The first-order chi connectivity index (χ1) is 10.7. The van der Waals surface area contributed by atoms with Gasteiger partial charge in [0.15, 0.2) is 11.5 Å². The van der Waals surface area contributed by atoms with Crippen LogP contribution in [0.4, 0.5) is 0 Å². The van der Waals surface area contributed by atoms with Gasteiger partial charge in [0.1, 0.15) is 0 Å². The number of amides is 1. The molecule has 2 aromatic rings. The molecule has 0 aliphatic carbocycles. The molecule has 1 aromatic carbocycles. The number of methoxy groups -OCH3 is 2. The van der Waals surface area contributed by atoms with Gasteiger partial charge in [-0.05, 0) is 31.0 Å². The summed E-state index contributed by atoms with van der Waals surface area (Å²) >= 11 is 0. The van der Waals surface area contributed by atoms with E-state index < -0.39 is 0 Å². The molecule has 0 aliphatic heterocycles. The van der Waals surface area contributed by atoms with Gasteiger partial charge in [0, 0.05) is 19.3 Å². The molecule has 0 radical (unpaired) electrons. The van der Waals surface area contributed by atoms with Crippen LogP contribution in [0.5, 0.6) is 11.5 Å². The highest BCUT2D eigenvalue weighted by atomic mass is 16.5. The van der Waals surface area contributed by atoms with Gasteiger partial charge in [-0.1, -0.05) is 6.07 Å². The molecule has 6 nitrogen and oxygen atoms in total. The second-order valence-electron chi connectivity index (χ2n) is 4.78. The summed E-state index contributed by atoms with van der Waals surface area (Å²) in [5.41, 5.74) is 1.65. The molecular weight excluding hydrogens is 282 g/mol. The van der Waals surface area contributed by atoms with Crippen molar-refractivity contribution in [2.45, 2.75) is 19.9 Å². The molecule has 2 rings (SSSR count). The van der Waals surface area contributed by atoms with E-state index in [0.717, 1.165) is 12.1 Å². The number of nitrogens with zero attached hydrogens (tertiary/aromatic N) is 2. The van der Waals surface area contributed by atoms with Crippen molar-refractivity contribution >= 4 is 5.91 Å². The number of aryl methyl sites for hydroxylation is 1. The van der Waals surface area contributed by atoms with Crippen LogP contribution < -0.4 is 14.8 Å². The van der Waals surface area contributed by atoms with Crippen LogP contribution in [0.15, 0.2) is 30.6 Å². The maximum atomic E-state index is 12.0. The second-order valence-corrected chi connectivity index (χ2v) is 4.78. The topological polar surface area (TPSA) is 65.4 Å². The third-order valence-corrected chi connectivity index (χ3v) is 3.37. The summed E-state index contributed by atoms with van der Waals surface area (Å²) in [6.07, 6.45) is 4.04. The third-order valence-electron chi connectivity index (χ3n) is 3.37. The van der Waals surface area contributed by atoms with Crippen LogP contribution in [0.3, 0.4) is 0 Å². The molecule has 0 spiro atoms. The summed E-state index contributed by atoms with van der Waals surface area (Å²) in [6.45, 7) is 3.27. The lowest BCUT2D eigenvalue weighted by atomic mass is 10.1. The van der Waals surface area contributed by atoms with Crippen LogP contribution in [0, 0.1) is 0 Å². The molecule has 0 bridgehead atoms. The highest BCUT2D eigenvalue weighted by Crippen LogP contribution is 2.27. The first-order valence-electron chi connectivity index (χ1n) is 7.19. The molecule has 1 aromatic heterocycles. The second kappa shape index (κ2) is 7.49. The molecule has 0 saturated carbocycles. The van der Waals surface area contributed by atoms with Crippen LogP contribution in [0.2, 0.25) is 0 Å². The Balaban J connectivity index is 1.89. The van der Waals surface area contributed by atoms with Gasteiger partial charge in [0.25, 0.3) is 5.91 Å². The zero-order valence-corrected chi connectivity index (χ0v) is 13.1. The SMILES string of the molecule is CCn1cc(C(=O)NCCc2ccc(OC)c(OC)c2)cn1. The van der Waals surface area contributed by atoms with Crippen molar-refractivity contribution < 1.29 is 14.3 Å². The van der Waals surface area contributed by atoms with Crippen molar-refractivity contribution in [3.05, 3.63) is 41.7 Å². The Morgan fingerprint density at radius 3 is 2.68 bits per heavy atom. The molecule has 1 heterocycles. The zero-order valence-electron chi connectivity index (χ0n) is 13.1. The number of hydrogen-bond acceptors (Lipinski definition) is 4. The maximum absolute atomic E-state index is 12.0. The van der Waals surface area contributed by atoms with E-state index in [1.165, 1.54) is 0 Å². The number of carbonyl (C=O) groups is 1. The molecule has 118 valence electrons. The minimum absolute atomic E-state index is 0.111. The fourth-order valence-corrected chi connectivity index (χ4v) is 2.11. The molecule has 0 atom stereocenters. The summed E-state index contributed by atoms with van der Waals surface area (Å²) in [6, 6.07) is 5.74. The van der Waals surface area contributed by atoms with Gasteiger partial charge in [-0.25, -0.2) is 0 Å². The van der Waals surface area contributed by atoms with E-state index in [4.69, 9.17) is 9.47 Å². The van der Waals surface area contributed by atoms with Gasteiger partial charge in [0.2, 0.25) is 0 Å². The van der Waals surface area contributed by atoms with Crippen LogP contribution in [-0.2, 0) is 13.0 Å². The number of aromatic nitrogens is 2. The smallest absolute Gasteiger partial charge is 0.254 e. The lowest BCUT2D eigenvalue weighted by Crippen LogP contribution is -2.25. The standard InChI is InChI=1S/C16H21N3O3/c1-4-19-11-13(10-18-19)16(20)17-8-7-12-5-6-14(21-2)15(9-12)22-3/h5-6,9-11H,4,7-8H2,1-3H3,(H,17,20). The number of nitrogens with one attached hydrogen (secondary N) is 1. The van der Waals surface area contributed by atoms with Crippen LogP contribution in [0.25, 0.3) is 0 Å². The largest absolute Gasteiger partial charge is 0.493 e. The fourth-order valence-electron chi connectivity index (χ4n) is 2.11. The van der Waals surface area contributed by atoms with E-state index in [1.54, 1.807) is 31.3 Å². The molecule has 22 heavy (non-hydrogen) atoms. The van der Waals surface area contributed by atoms with E-state index >= 15 is 0 Å². The quantitative estimate of drug-likeness (QED) is 0.848. The van der Waals surface area contributed by atoms with Gasteiger partial charge in [-0.3, -0.25) is 9.48 Å². The lowest BCUT2D eigenvalue weighted by Gasteiger charge is -2.10. The van der Waals surface area contributed by atoms with Crippen LogP contribution >= 0.6 is 0 Å². The Morgan fingerprint density at radius 2 is 2.05 bits per heavy atom. The Kier molecular flexibility index (Phi) is 5.41. The average Bonchev–Trinajstić information content (AvgIpc) is 3.03. The number of benzene rings is 1. The van der Waals surface area contributed by atoms with Crippen molar-refractivity contribution in [1.29, 1.82) is 0 Å². The highest BCUT2D eigenvalue weighted by molar-refractivity contribution is 5.93. The first-order valence-corrected chi connectivity index (χ1v) is 7.19. The Bertz CT molecular complexity index is 637. The van der Waals surface area contributed by atoms with Crippen molar-refractivity contribution in [2.24, 2.45) is 0 Å². The van der Waals surface area contributed by atoms with Gasteiger partial charge in [-0.15, -0.1) is 0 Å². The summed E-state index contributed by atoms with van der Waals surface area (Å²) in [5.74, 6) is 1.28. The number of carbonyl (C=O) groups excluding carboxylic acids is 1. The van der Waals surface area contributed by atoms with Crippen molar-refractivity contribution in [3.63, 3.8) is 0 Å². The molecule has 0 unspecified atom stereocenters. The molecule has 0 fully saturated rings. The van der Waals surface area contributed by atoms with E-state index in [-0.39, 0.29) is 5.91 Å². The van der Waals surface area contributed by atoms with Gasteiger partial charge in [0.05, 0.1) is 26.0 Å². The lowest BCUT2D eigenvalue weighted by molar-refractivity contribution is 0.0954. The Morgan fingerprint density at radius 1 is 1.27 bits per heavy atom. The summed E-state index contributed by atoms with van der Waals surface area (Å²) in [5, 5.41) is 6.98. The van der Waals surface area contributed by atoms with Gasteiger partial charge in [-0.2, -0.15) is 5.10 Å². The minimum Gasteiger partial charge on any atom is -0.493 e. The maximum Gasteiger partial charge on any atom is 0.254 e. The molecule has 6 heteroatoms. The Hall–Kier alpha value is -2.50. The average molecular weight is 303 g/mol. The zero-order chi connectivity index (χ0) is 15.9. The van der Waals surface area contributed by atoms with E-state index in [9.17, 15) is 4.79 Å². The van der Waals surface area contributed by atoms with E-state index in [1.807, 2.05) is 25.1 Å². The van der Waals surface area contributed by atoms with Crippen LogP contribution in [-0.4, -0.2) is 36.5 Å².